The van der Waals surface area contributed by atoms with Gasteiger partial charge in [0.2, 0.25) is 0 Å². The lowest BCUT2D eigenvalue weighted by atomic mass is 9.99. The largest absolute Gasteiger partial charge is 0.385 e. The van der Waals surface area contributed by atoms with Crippen LogP contribution in [0.25, 0.3) is 0 Å². The number of hydrogen-bond donors (Lipinski definition) is 2. The average Bonchev–Trinajstić information content (AvgIpc) is 2.79. The molecule has 1 atom stereocenters. The molecule has 1 aromatic rings. The highest BCUT2D eigenvalue weighted by molar-refractivity contribution is 5.59. The first-order valence-corrected chi connectivity index (χ1v) is 7.51. The minimum atomic E-state index is -0.431. The first kappa shape index (κ1) is 13.9. The average molecular weight is 276 g/mol. The monoisotopic (exact) mass is 276 g/mol. The van der Waals surface area contributed by atoms with Crippen LogP contribution in [-0.2, 0) is 22.4 Å². The van der Waals surface area contributed by atoms with E-state index in [1.807, 2.05) is 13.8 Å². The fraction of sp³-hybridized carbons (Fsp3) is 0.625. The molecule has 4 heteroatoms. The van der Waals surface area contributed by atoms with Crippen LogP contribution in [-0.4, -0.2) is 31.6 Å². The zero-order chi connectivity index (χ0) is 14.0. The number of fused-ring (bicyclic) bond motifs is 1. The molecule has 3 rings (SSSR count). The van der Waals surface area contributed by atoms with Crippen LogP contribution in [0.15, 0.2) is 18.2 Å². The lowest BCUT2D eigenvalue weighted by Gasteiger charge is -2.22. The highest BCUT2D eigenvalue weighted by Gasteiger charge is 2.32. The summed E-state index contributed by atoms with van der Waals surface area (Å²) in [4.78, 5) is 0. The molecule has 2 aliphatic rings. The Morgan fingerprint density at radius 1 is 1.40 bits per heavy atom. The first-order valence-electron chi connectivity index (χ1n) is 7.51. The SMILES string of the molecule is CC1(C)OCC(CNCc2cccc3c2NCCC3)O1. The van der Waals surface area contributed by atoms with Gasteiger partial charge in [-0.15, -0.1) is 0 Å². The van der Waals surface area contributed by atoms with Gasteiger partial charge in [-0.3, -0.25) is 0 Å². The number of benzene rings is 1. The number of nitrogens with one attached hydrogen (secondary N) is 2. The number of hydrogen-bond acceptors (Lipinski definition) is 4. The molecule has 4 nitrogen and oxygen atoms in total. The summed E-state index contributed by atoms with van der Waals surface area (Å²) >= 11 is 0. The number of anilines is 1. The molecule has 1 saturated heterocycles. The smallest absolute Gasteiger partial charge is 0.163 e. The molecule has 0 spiro atoms. The third-order valence-electron chi connectivity index (χ3n) is 3.92. The second kappa shape index (κ2) is 5.72. The van der Waals surface area contributed by atoms with Crippen molar-refractivity contribution in [3.63, 3.8) is 0 Å². The molecule has 2 N–H and O–H groups in total. The Morgan fingerprint density at radius 2 is 2.30 bits per heavy atom. The summed E-state index contributed by atoms with van der Waals surface area (Å²) in [6.45, 7) is 7.38. The van der Waals surface area contributed by atoms with Gasteiger partial charge in [0.05, 0.1) is 12.7 Å². The van der Waals surface area contributed by atoms with Crippen LogP contribution in [0.1, 0.15) is 31.4 Å². The van der Waals surface area contributed by atoms with Crippen molar-refractivity contribution in [2.45, 2.75) is 45.1 Å². The maximum atomic E-state index is 5.80. The van der Waals surface area contributed by atoms with E-state index in [-0.39, 0.29) is 6.10 Å². The van der Waals surface area contributed by atoms with Crippen LogP contribution < -0.4 is 10.6 Å². The van der Waals surface area contributed by atoms with Gasteiger partial charge in [0.1, 0.15) is 0 Å². The fourth-order valence-corrected chi connectivity index (χ4v) is 2.96. The zero-order valence-corrected chi connectivity index (χ0v) is 12.4. The van der Waals surface area contributed by atoms with Gasteiger partial charge in [-0.1, -0.05) is 18.2 Å². The van der Waals surface area contributed by atoms with Gasteiger partial charge in [-0.05, 0) is 37.8 Å². The predicted octanol–water partition coefficient (Wildman–Crippen LogP) is 2.29. The maximum absolute atomic E-state index is 5.80. The van der Waals surface area contributed by atoms with Gasteiger partial charge >= 0.3 is 0 Å². The van der Waals surface area contributed by atoms with Crippen LogP contribution in [0, 0.1) is 0 Å². The Labute approximate surface area is 120 Å². The molecule has 0 radical (unpaired) electrons. The molecule has 2 heterocycles. The Morgan fingerprint density at radius 3 is 3.10 bits per heavy atom. The third kappa shape index (κ3) is 3.14. The molecule has 0 bridgehead atoms. The Hall–Kier alpha value is -1.10. The van der Waals surface area contributed by atoms with E-state index >= 15 is 0 Å². The molecule has 0 saturated carbocycles. The Bertz CT molecular complexity index is 474. The van der Waals surface area contributed by atoms with E-state index in [4.69, 9.17) is 9.47 Å². The molecule has 0 aromatic heterocycles. The molecule has 1 unspecified atom stereocenters. The summed E-state index contributed by atoms with van der Waals surface area (Å²) in [7, 11) is 0. The molecule has 2 aliphatic heterocycles. The second-order valence-electron chi connectivity index (χ2n) is 6.06. The molecule has 1 fully saturated rings. The Kier molecular flexibility index (Phi) is 3.96. The minimum Gasteiger partial charge on any atom is -0.385 e. The van der Waals surface area contributed by atoms with Gasteiger partial charge in [0.15, 0.2) is 5.79 Å². The summed E-state index contributed by atoms with van der Waals surface area (Å²) in [5.41, 5.74) is 4.12. The van der Waals surface area contributed by atoms with Crippen LogP contribution in [0.5, 0.6) is 0 Å². The molecule has 0 amide bonds. The maximum Gasteiger partial charge on any atom is 0.163 e. The van der Waals surface area contributed by atoms with E-state index in [9.17, 15) is 0 Å². The molecular formula is C16H24N2O2. The van der Waals surface area contributed by atoms with Crippen molar-refractivity contribution in [3.8, 4) is 0 Å². The first-order chi connectivity index (χ1) is 9.64. The lowest BCUT2D eigenvalue weighted by molar-refractivity contribution is -0.137. The molecule has 20 heavy (non-hydrogen) atoms. The van der Waals surface area contributed by atoms with E-state index in [1.54, 1.807) is 0 Å². The lowest BCUT2D eigenvalue weighted by Crippen LogP contribution is -2.30. The second-order valence-corrected chi connectivity index (χ2v) is 6.06. The highest BCUT2D eigenvalue weighted by atomic mass is 16.7. The molecule has 0 aliphatic carbocycles. The summed E-state index contributed by atoms with van der Waals surface area (Å²) in [6, 6.07) is 6.57. The van der Waals surface area contributed by atoms with Crippen LogP contribution in [0.3, 0.4) is 0 Å². The number of rotatable bonds is 4. The Balaban J connectivity index is 1.54. The summed E-state index contributed by atoms with van der Waals surface area (Å²) in [6.07, 6.45) is 2.56. The number of ether oxygens (including phenoxy) is 2. The van der Waals surface area contributed by atoms with Crippen molar-refractivity contribution in [1.82, 2.24) is 5.32 Å². The summed E-state index contributed by atoms with van der Waals surface area (Å²) < 4.78 is 11.4. The van der Waals surface area contributed by atoms with Crippen LogP contribution >= 0.6 is 0 Å². The van der Waals surface area contributed by atoms with E-state index < -0.39 is 5.79 Å². The van der Waals surface area contributed by atoms with Gasteiger partial charge < -0.3 is 20.1 Å². The van der Waals surface area contributed by atoms with E-state index in [2.05, 4.69) is 28.8 Å². The van der Waals surface area contributed by atoms with Gasteiger partial charge in [-0.25, -0.2) is 0 Å². The van der Waals surface area contributed by atoms with Crippen molar-refractivity contribution in [1.29, 1.82) is 0 Å². The van der Waals surface area contributed by atoms with Crippen molar-refractivity contribution >= 4 is 5.69 Å². The van der Waals surface area contributed by atoms with E-state index in [1.165, 1.54) is 29.7 Å². The fourth-order valence-electron chi connectivity index (χ4n) is 2.96. The van der Waals surface area contributed by atoms with Crippen LogP contribution in [0.4, 0.5) is 5.69 Å². The summed E-state index contributed by atoms with van der Waals surface area (Å²) in [5, 5.41) is 7.01. The number of aryl methyl sites for hydroxylation is 1. The molecule has 1 aromatic carbocycles. The molecular weight excluding hydrogens is 252 g/mol. The molecule has 110 valence electrons. The van der Waals surface area contributed by atoms with Gasteiger partial charge in [0.25, 0.3) is 0 Å². The van der Waals surface area contributed by atoms with E-state index in [0.29, 0.717) is 6.61 Å². The summed E-state index contributed by atoms with van der Waals surface area (Å²) in [5.74, 6) is -0.431. The van der Waals surface area contributed by atoms with Crippen molar-refractivity contribution in [3.05, 3.63) is 29.3 Å². The van der Waals surface area contributed by atoms with Crippen molar-refractivity contribution in [2.24, 2.45) is 0 Å². The topological polar surface area (TPSA) is 42.5 Å². The van der Waals surface area contributed by atoms with Crippen LogP contribution in [0.2, 0.25) is 0 Å². The quantitative estimate of drug-likeness (QED) is 0.885. The normalized spacial score (nSPS) is 24.2. The predicted molar refractivity (Wildman–Crippen MR) is 79.9 cm³/mol. The standard InChI is InChI=1S/C16H24N2O2/c1-16(2)19-11-14(20-16)10-17-9-13-6-3-5-12-7-4-8-18-15(12)13/h3,5-6,14,17-18H,4,7-11H2,1-2H3. The van der Waals surface area contributed by atoms with Crippen molar-refractivity contribution in [2.75, 3.05) is 25.0 Å². The van der Waals surface area contributed by atoms with Gasteiger partial charge in [0, 0.05) is 25.3 Å². The van der Waals surface area contributed by atoms with Gasteiger partial charge in [-0.2, -0.15) is 0 Å². The number of para-hydroxylation sites is 1. The zero-order valence-electron chi connectivity index (χ0n) is 12.4. The van der Waals surface area contributed by atoms with E-state index in [0.717, 1.165) is 19.6 Å². The van der Waals surface area contributed by atoms with Crippen molar-refractivity contribution < 1.29 is 9.47 Å². The highest BCUT2D eigenvalue weighted by Crippen LogP contribution is 2.26. The third-order valence-corrected chi connectivity index (χ3v) is 3.92. The minimum absolute atomic E-state index is 0.150.